The van der Waals surface area contributed by atoms with E-state index in [0.29, 0.717) is 6.42 Å². The molecule has 7 unspecified atom stereocenters. The molecule has 1 fully saturated rings. The molecule has 0 aromatic carbocycles. The molecule has 0 aromatic rings. The number of aliphatic hydroxyl groups is 5. The summed E-state index contributed by atoms with van der Waals surface area (Å²) in [6.07, 6.45) is 33.6. The molecule has 0 spiro atoms. The van der Waals surface area contributed by atoms with E-state index < -0.39 is 49.5 Å². The van der Waals surface area contributed by atoms with E-state index in [1.54, 1.807) is 6.08 Å². The van der Waals surface area contributed by atoms with Crippen LogP contribution in [-0.4, -0.2) is 87.5 Å². The lowest BCUT2D eigenvalue weighted by Crippen LogP contribution is -2.60. The molecule has 0 aromatic heterocycles. The minimum absolute atomic E-state index is 0.179. The lowest BCUT2D eigenvalue weighted by molar-refractivity contribution is -0.302. The zero-order chi connectivity index (χ0) is 38.8. The van der Waals surface area contributed by atoms with E-state index in [1.165, 1.54) is 128 Å². The van der Waals surface area contributed by atoms with Gasteiger partial charge in [0.2, 0.25) is 5.91 Å². The van der Waals surface area contributed by atoms with Gasteiger partial charge in [0.25, 0.3) is 0 Å². The van der Waals surface area contributed by atoms with Gasteiger partial charge in [0.05, 0.1) is 25.4 Å². The summed E-state index contributed by atoms with van der Waals surface area (Å²) < 4.78 is 11.2. The fourth-order valence-electron chi connectivity index (χ4n) is 6.92. The van der Waals surface area contributed by atoms with Crippen molar-refractivity contribution < 1.29 is 39.8 Å². The van der Waals surface area contributed by atoms with Crippen LogP contribution >= 0.6 is 0 Å². The SMILES string of the molecule is CCCC=CCCCCCCCCC=CC(O)C(COC1OC(CO)C(O)C(O)C1O)NC(=O)CCCCCCCCCCCCCCCCCCC. The third-order valence-electron chi connectivity index (χ3n) is 10.5. The molecule has 1 saturated heterocycles. The highest BCUT2D eigenvalue weighted by Gasteiger charge is 2.44. The molecular formula is C44H83NO8. The van der Waals surface area contributed by atoms with Crippen LogP contribution in [0.25, 0.3) is 0 Å². The Kier molecular flexibility index (Phi) is 32.9. The van der Waals surface area contributed by atoms with Crippen LogP contribution in [0.1, 0.15) is 194 Å². The Morgan fingerprint density at radius 1 is 0.623 bits per heavy atom. The number of rotatable bonds is 36. The molecule has 9 heteroatoms. The van der Waals surface area contributed by atoms with E-state index in [2.05, 4.69) is 31.3 Å². The lowest BCUT2D eigenvalue weighted by atomic mass is 9.99. The van der Waals surface area contributed by atoms with Gasteiger partial charge in [0, 0.05) is 6.42 Å². The van der Waals surface area contributed by atoms with Crippen molar-refractivity contribution in [2.75, 3.05) is 13.2 Å². The molecule has 0 bridgehead atoms. The number of carbonyl (C=O) groups is 1. The minimum Gasteiger partial charge on any atom is -0.394 e. The third-order valence-corrected chi connectivity index (χ3v) is 10.5. The van der Waals surface area contributed by atoms with Gasteiger partial charge >= 0.3 is 0 Å². The average molecular weight is 754 g/mol. The topological polar surface area (TPSA) is 149 Å². The van der Waals surface area contributed by atoms with Crippen molar-refractivity contribution >= 4 is 5.91 Å². The van der Waals surface area contributed by atoms with Crippen LogP contribution < -0.4 is 5.32 Å². The van der Waals surface area contributed by atoms with E-state index in [1.807, 2.05) is 6.08 Å². The van der Waals surface area contributed by atoms with Crippen molar-refractivity contribution in [3.05, 3.63) is 24.3 Å². The first-order chi connectivity index (χ1) is 25.8. The first-order valence-corrected chi connectivity index (χ1v) is 22.1. The zero-order valence-electron chi connectivity index (χ0n) is 34.0. The maximum Gasteiger partial charge on any atom is 0.220 e. The van der Waals surface area contributed by atoms with Gasteiger partial charge in [0.15, 0.2) is 6.29 Å². The molecule has 1 aliphatic rings. The summed E-state index contributed by atoms with van der Waals surface area (Å²) in [5, 5.41) is 54.1. The summed E-state index contributed by atoms with van der Waals surface area (Å²) >= 11 is 0. The molecule has 0 radical (unpaired) electrons. The summed E-state index contributed by atoms with van der Waals surface area (Å²) in [6.45, 7) is 3.71. The van der Waals surface area contributed by atoms with Gasteiger partial charge in [-0.05, 0) is 38.5 Å². The predicted octanol–water partition coefficient (Wildman–Crippen LogP) is 8.72. The molecule has 1 heterocycles. The minimum atomic E-state index is -1.56. The van der Waals surface area contributed by atoms with Crippen molar-refractivity contribution in [3.8, 4) is 0 Å². The zero-order valence-corrected chi connectivity index (χ0v) is 34.0. The Morgan fingerprint density at radius 2 is 1.09 bits per heavy atom. The standard InChI is InChI=1S/C44H83NO8/c1-3-5-7-9-11-13-15-17-18-19-20-22-24-26-28-30-32-34-40(48)45-37(36-52-44-43(51)42(50)41(49)39(35-46)53-44)38(47)33-31-29-27-25-23-21-16-14-12-10-8-6-4-2/h8,10,31,33,37-39,41-44,46-47,49-51H,3-7,9,11-30,32,34-36H2,1-2H3,(H,45,48). The molecule has 312 valence electrons. The second-order valence-corrected chi connectivity index (χ2v) is 15.5. The van der Waals surface area contributed by atoms with E-state index in [-0.39, 0.29) is 12.5 Å². The second kappa shape index (κ2) is 35.1. The number of hydrogen-bond acceptors (Lipinski definition) is 8. The molecule has 6 N–H and O–H groups in total. The largest absolute Gasteiger partial charge is 0.394 e. The van der Waals surface area contributed by atoms with Crippen LogP contribution in [-0.2, 0) is 14.3 Å². The Bertz CT molecular complexity index is 883. The van der Waals surface area contributed by atoms with E-state index in [9.17, 15) is 30.3 Å². The first kappa shape index (κ1) is 49.7. The Morgan fingerprint density at radius 3 is 1.60 bits per heavy atom. The van der Waals surface area contributed by atoms with Crippen LogP contribution in [0, 0.1) is 0 Å². The summed E-state index contributed by atoms with van der Waals surface area (Å²) in [6, 6.07) is -0.803. The van der Waals surface area contributed by atoms with Crippen molar-refractivity contribution in [2.24, 2.45) is 0 Å². The van der Waals surface area contributed by atoms with Crippen LogP contribution in [0.5, 0.6) is 0 Å². The Hall–Kier alpha value is -1.33. The number of hydrogen-bond donors (Lipinski definition) is 6. The first-order valence-electron chi connectivity index (χ1n) is 22.1. The molecule has 0 aliphatic carbocycles. The average Bonchev–Trinajstić information content (AvgIpc) is 3.16. The number of unbranched alkanes of at least 4 members (excludes halogenated alkanes) is 24. The van der Waals surface area contributed by atoms with Crippen LogP contribution in [0.15, 0.2) is 24.3 Å². The van der Waals surface area contributed by atoms with Gasteiger partial charge in [-0.3, -0.25) is 4.79 Å². The quantitative estimate of drug-likeness (QED) is 0.0275. The molecule has 7 atom stereocenters. The van der Waals surface area contributed by atoms with E-state index >= 15 is 0 Å². The monoisotopic (exact) mass is 754 g/mol. The normalized spacial score (nSPS) is 21.8. The molecule has 1 rings (SSSR count). The number of allylic oxidation sites excluding steroid dienone is 3. The van der Waals surface area contributed by atoms with Gasteiger partial charge in [-0.2, -0.15) is 0 Å². The Balaban J connectivity index is 2.36. The van der Waals surface area contributed by atoms with Gasteiger partial charge in [-0.25, -0.2) is 0 Å². The summed E-state index contributed by atoms with van der Waals surface area (Å²) in [5.41, 5.74) is 0. The van der Waals surface area contributed by atoms with Crippen LogP contribution in [0.3, 0.4) is 0 Å². The number of ether oxygens (including phenoxy) is 2. The summed E-state index contributed by atoms with van der Waals surface area (Å²) in [7, 11) is 0. The van der Waals surface area contributed by atoms with Gasteiger partial charge in [-0.1, -0.05) is 173 Å². The molecule has 1 amide bonds. The van der Waals surface area contributed by atoms with Gasteiger partial charge < -0.3 is 40.3 Å². The molecular weight excluding hydrogens is 670 g/mol. The highest BCUT2D eigenvalue weighted by molar-refractivity contribution is 5.76. The maximum absolute atomic E-state index is 12.9. The highest BCUT2D eigenvalue weighted by Crippen LogP contribution is 2.22. The smallest absolute Gasteiger partial charge is 0.220 e. The Labute approximate surface area is 324 Å². The number of amides is 1. The highest BCUT2D eigenvalue weighted by atomic mass is 16.7. The number of carbonyl (C=O) groups excluding carboxylic acids is 1. The van der Waals surface area contributed by atoms with Crippen LogP contribution in [0.4, 0.5) is 0 Å². The van der Waals surface area contributed by atoms with E-state index in [0.717, 1.165) is 44.9 Å². The summed E-state index contributed by atoms with van der Waals surface area (Å²) in [5.74, 6) is -0.179. The van der Waals surface area contributed by atoms with Crippen molar-refractivity contribution in [2.45, 2.75) is 236 Å². The third kappa shape index (κ3) is 26.2. The second-order valence-electron chi connectivity index (χ2n) is 15.5. The summed E-state index contributed by atoms with van der Waals surface area (Å²) in [4.78, 5) is 12.9. The maximum atomic E-state index is 12.9. The number of aliphatic hydroxyl groups excluding tert-OH is 5. The lowest BCUT2D eigenvalue weighted by Gasteiger charge is -2.40. The fourth-order valence-corrected chi connectivity index (χ4v) is 6.92. The number of nitrogens with one attached hydrogen (secondary N) is 1. The van der Waals surface area contributed by atoms with Crippen molar-refractivity contribution in [1.29, 1.82) is 0 Å². The molecule has 0 saturated carbocycles. The molecule has 9 nitrogen and oxygen atoms in total. The molecule has 53 heavy (non-hydrogen) atoms. The van der Waals surface area contributed by atoms with Gasteiger partial charge in [-0.15, -0.1) is 0 Å². The fraction of sp³-hybridized carbons (Fsp3) is 0.886. The van der Waals surface area contributed by atoms with E-state index in [4.69, 9.17) is 9.47 Å². The van der Waals surface area contributed by atoms with Crippen LogP contribution in [0.2, 0.25) is 0 Å². The van der Waals surface area contributed by atoms with Crippen molar-refractivity contribution in [3.63, 3.8) is 0 Å². The predicted molar refractivity (Wildman–Crippen MR) is 217 cm³/mol. The molecule has 1 aliphatic heterocycles. The van der Waals surface area contributed by atoms with Crippen molar-refractivity contribution in [1.82, 2.24) is 5.32 Å². The van der Waals surface area contributed by atoms with Gasteiger partial charge in [0.1, 0.15) is 24.4 Å².